The highest BCUT2D eigenvalue weighted by Crippen LogP contribution is 2.33. The minimum Gasteiger partial charge on any atom is -0.495 e. The van der Waals surface area contributed by atoms with Gasteiger partial charge in [0.15, 0.2) is 0 Å². The normalized spacial score (nSPS) is 10.5. The van der Waals surface area contributed by atoms with Crippen molar-refractivity contribution in [2.24, 2.45) is 0 Å². The van der Waals surface area contributed by atoms with E-state index in [9.17, 15) is 18.0 Å². The zero-order valence-corrected chi connectivity index (χ0v) is 8.19. The number of ether oxygens (including phenoxy) is 1. The van der Waals surface area contributed by atoms with Gasteiger partial charge in [-0.2, -0.15) is 4.39 Å². The van der Waals surface area contributed by atoms with Crippen LogP contribution in [0.3, 0.4) is 0 Å². The summed E-state index contributed by atoms with van der Waals surface area (Å²) in [5.41, 5.74) is -1.46. The molecule has 0 saturated heterocycles. The van der Waals surface area contributed by atoms with Crippen molar-refractivity contribution in [3.63, 3.8) is 0 Å². The number of hydrogen-bond donors (Lipinski definition) is 0. The first-order chi connectivity index (χ1) is 6.99. The Morgan fingerprint density at radius 2 is 2.20 bits per heavy atom. The Balaban J connectivity index is 3.47. The van der Waals surface area contributed by atoms with Crippen LogP contribution in [0.2, 0.25) is 0 Å². The van der Waals surface area contributed by atoms with Crippen molar-refractivity contribution in [3.05, 3.63) is 23.3 Å². The summed E-state index contributed by atoms with van der Waals surface area (Å²) >= 11 is 5.09. The van der Waals surface area contributed by atoms with Crippen molar-refractivity contribution < 1.29 is 22.7 Å². The lowest BCUT2D eigenvalue weighted by molar-refractivity contribution is 0.107. The van der Waals surface area contributed by atoms with Crippen molar-refractivity contribution >= 4 is 16.8 Å². The van der Waals surface area contributed by atoms with E-state index in [4.69, 9.17) is 11.6 Å². The molecule has 0 amide bonds. The second-order valence-corrected chi connectivity index (χ2v) is 2.83. The van der Waals surface area contributed by atoms with E-state index in [0.717, 1.165) is 13.3 Å². The van der Waals surface area contributed by atoms with E-state index in [1.165, 1.54) is 0 Å². The molecule has 0 unspecified atom stereocenters. The van der Waals surface area contributed by atoms with Crippen LogP contribution in [-0.2, 0) is 0 Å². The summed E-state index contributed by atoms with van der Waals surface area (Å²) in [6, 6.07) is 0. The Morgan fingerprint density at radius 3 is 2.60 bits per heavy atom. The van der Waals surface area contributed by atoms with E-state index >= 15 is 0 Å². The molecule has 15 heavy (non-hydrogen) atoms. The van der Waals surface area contributed by atoms with Crippen molar-refractivity contribution in [2.45, 2.75) is 6.43 Å². The summed E-state index contributed by atoms with van der Waals surface area (Å²) in [5.74, 6) is -1.97. The van der Waals surface area contributed by atoms with E-state index in [0.29, 0.717) is 0 Å². The molecule has 0 atom stereocenters. The van der Waals surface area contributed by atoms with Crippen LogP contribution in [0.4, 0.5) is 13.2 Å². The number of aromatic nitrogens is 1. The molecule has 3 nitrogen and oxygen atoms in total. The third-order valence-electron chi connectivity index (χ3n) is 1.65. The molecule has 0 saturated carbocycles. The maximum absolute atomic E-state index is 12.9. The van der Waals surface area contributed by atoms with Crippen LogP contribution >= 0.6 is 11.6 Å². The Labute approximate surface area is 87.8 Å². The zero-order valence-electron chi connectivity index (χ0n) is 7.43. The summed E-state index contributed by atoms with van der Waals surface area (Å²) in [4.78, 5) is 13.8. The molecular weight excluding hydrogens is 235 g/mol. The average Bonchev–Trinajstić information content (AvgIpc) is 2.15. The van der Waals surface area contributed by atoms with E-state index in [2.05, 4.69) is 9.72 Å². The molecule has 0 radical (unpaired) electrons. The highest BCUT2D eigenvalue weighted by atomic mass is 35.5. The second-order valence-electron chi connectivity index (χ2n) is 2.48. The Bertz CT molecular complexity index is 398. The summed E-state index contributed by atoms with van der Waals surface area (Å²) in [6.45, 7) is 0. The van der Waals surface area contributed by atoms with Gasteiger partial charge in [0.1, 0.15) is 11.3 Å². The molecule has 0 aliphatic carbocycles. The lowest BCUT2D eigenvalue weighted by atomic mass is 10.2. The predicted octanol–water partition coefficient (Wildman–Crippen LogP) is 2.55. The van der Waals surface area contributed by atoms with Crippen LogP contribution in [0, 0.1) is 5.95 Å². The van der Waals surface area contributed by atoms with E-state index < -0.39 is 34.5 Å². The fraction of sp³-hybridized carbons (Fsp3) is 0.250. The molecule has 1 aromatic heterocycles. The van der Waals surface area contributed by atoms with Crippen molar-refractivity contribution in [3.8, 4) is 5.75 Å². The summed E-state index contributed by atoms with van der Waals surface area (Å²) < 4.78 is 42.2. The Morgan fingerprint density at radius 1 is 1.60 bits per heavy atom. The standard InChI is InChI=1S/C8H5ClF3NO2/c1-15-5-3(6(9)14)2-13-8(12)4(5)7(10)11/h2,7H,1H3. The highest BCUT2D eigenvalue weighted by molar-refractivity contribution is 6.68. The number of carbonyl (C=O) groups excluding carboxylic acids is 1. The van der Waals surface area contributed by atoms with Gasteiger partial charge < -0.3 is 4.74 Å². The smallest absolute Gasteiger partial charge is 0.271 e. The van der Waals surface area contributed by atoms with Crippen molar-refractivity contribution in [1.82, 2.24) is 4.98 Å². The number of pyridine rings is 1. The highest BCUT2D eigenvalue weighted by Gasteiger charge is 2.25. The lowest BCUT2D eigenvalue weighted by Gasteiger charge is -2.10. The van der Waals surface area contributed by atoms with Crippen LogP contribution in [0.1, 0.15) is 22.3 Å². The van der Waals surface area contributed by atoms with Gasteiger partial charge in [0.25, 0.3) is 11.7 Å². The average molecular weight is 240 g/mol. The number of halogens is 4. The first-order valence-corrected chi connectivity index (χ1v) is 4.07. The molecule has 0 aliphatic heterocycles. The van der Waals surface area contributed by atoms with Gasteiger partial charge in [-0.25, -0.2) is 13.8 Å². The quantitative estimate of drug-likeness (QED) is 0.601. The van der Waals surface area contributed by atoms with E-state index in [1.54, 1.807) is 0 Å². The topological polar surface area (TPSA) is 39.2 Å². The van der Waals surface area contributed by atoms with Crippen LogP contribution in [0.5, 0.6) is 5.75 Å². The molecule has 0 N–H and O–H groups in total. The van der Waals surface area contributed by atoms with Gasteiger partial charge in [-0.15, -0.1) is 0 Å². The molecule has 0 fully saturated rings. The number of rotatable bonds is 3. The first-order valence-electron chi connectivity index (χ1n) is 3.69. The third kappa shape index (κ3) is 2.20. The fourth-order valence-corrected chi connectivity index (χ4v) is 1.17. The van der Waals surface area contributed by atoms with Gasteiger partial charge in [0.2, 0.25) is 5.95 Å². The van der Waals surface area contributed by atoms with E-state index in [1.807, 2.05) is 0 Å². The van der Waals surface area contributed by atoms with Crippen molar-refractivity contribution in [1.29, 1.82) is 0 Å². The molecule has 7 heteroatoms. The number of hydrogen-bond acceptors (Lipinski definition) is 3. The summed E-state index contributed by atoms with van der Waals surface area (Å²) in [6.07, 6.45) is -2.39. The SMILES string of the molecule is COc1c(C(=O)Cl)cnc(F)c1C(F)F. The van der Waals surface area contributed by atoms with Crippen LogP contribution in [-0.4, -0.2) is 17.3 Å². The lowest BCUT2D eigenvalue weighted by Crippen LogP contribution is -2.05. The van der Waals surface area contributed by atoms with E-state index in [-0.39, 0.29) is 0 Å². The van der Waals surface area contributed by atoms with Gasteiger partial charge in [0.05, 0.1) is 12.7 Å². The predicted molar refractivity (Wildman–Crippen MR) is 45.9 cm³/mol. The number of nitrogens with zero attached hydrogens (tertiary/aromatic N) is 1. The fourth-order valence-electron chi connectivity index (χ4n) is 1.04. The molecule has 1 aromatic rings. The molecule has 0 aliphatic rings. The third-order valence-corrected chi connectivity index (χ3v) is 1.86. The molecule has 1 rings (SSSR count). The van der Waals surface area contributed by atoms with Gasteiger partial charge in [-0.3, -0.25) is 4.79 Å². The molecule has 0 spiro atoms. The van der Waals surface area contributed by atoms with Gasteiger partial charge in [-0.05, 0) is 11.6 Å². The monoisotopic (exact) mass is 239 g/mol. The van der Waals surface area contributed by atoms with Crippen LogP contribution in [0.15, 0.2) is 6.20 Å². The molecule has 1 heterocycles. The minimum atomic E-state index is -3.14. The van der Waals surface area contributed by atoms with Gasteiger partial charge in [-0.1, -0.05) is 0 Å². The van der Waals surface area contributed by atoms with Crippen LogP contribution in [0.25, 0.3) is 0 Å². The van der Waals surface area contributed by atoms with Crippen molar-refractivity contribution in [2.75, 3.05) is 7.11 Å². The Hall–Kier alpha value is -1.30. The summed E-state index contributed by atoms with van der Waals surface area (Å²) in [7, 11) is 1.03. The maximum Gasteiger partial charge on any atom is 0.271 e. The number of methoxy groups -OCH3 is 1. The molecule has 82 valence electrons. The Kier molecular flexibility index (Phi) is 3.52. The second kappa shape index (κ2) is 4.48. The summed E-state index contributed by atoms with van der Waals surface area (Å²) in [5, 5.41) is -1.04. The number of alkyl halides is 2. The zero-order chi connectivity index (χ0) is 11.6. The van der Waals surface area contributed by atoms with Gasteiger partial charge >= 0.3 is 0 Å². The van der Waals surface area contributed by atoms with Gasteiger partial charge in [0, 0.05) is 6.20 Å². The molecule has 0 aromatic carbocycles. The van der Waals surface area contributed by atoms with Crippen LogP contribution < -0.4 is 4.74 Å². The molecule has 0 bridgehead atoms. The first kappa shape index (κ1) is 11.8. The maximum atomic E-state index is 12.9. The minimum absolute atomic E-state index is 0.393. The largest absolute Gasteiger partial charge is 0.495 e. The molecular formula is C8H5ClF3NO2. The number of carbonyl (C=O) groups is 1.